The van der Waals surface area contributed by atoms with E-state index in [1.807, 2.05) is 24.3 Å². The number of benzene rings is 1. The number of hydrogen-bond acceptors (Lipinski definition) is 4. The van der Waals surface area contributed by atoms with Crippen LogP contribution in [0.5, 0.6) is 0 Å². The summed E-state index contributed by atoms with van der Waals surface area (Å²) >= 11 is 5.97. The smallest absolute Gasteiger partial charge is 0.407 e. The van der Waals surface area contributed by atoms with E-state index in [2.05, 4.69) is 17.2 Å². The highest BCUT2D eigenvalue weighted by molar-refractivity contribution is 6.30. The highest BCUT2D eigenvalue weighted by atomic mass is 35.5. The third-order valence-corrected chi connectivity index (χ3v) is 4.95. The maximum atomic E-state index is 12.7. The van der Waals surface area contributed by atoms with Gasteiger partial charge >= 0.3 is 6.09 Å². The molecule has 1 aromatic carbocycles. The zero-order valence-corrected chi connectivity index (χ0v) is 15.8. The van der Waals surface area contributed by atoms with E-state index in [9.17, 15) is 9.59 Å². The van der Waals surface area contributed by atoms with E-state index in [0.717, 1.165) is 31.4 Å². The van der Waals surface area contributed by atoms with Gasteiger partial charge in [-0.2, -0.15) is 0 Å². The summed E-state index contributed by atoms with van der Waals surface area (Å²) in [5.74, 6) is -0.154. The Morgan fingerprint density at radius 3 is 2.77 bits per heavy atom. The topological polar surface area (TPSA) is 70.7 Å². The standard InChI is InChI=1S/C19H26ClN3O3/c1-3-11-26-18(25)22-13-17(24)23(2)19(9-4-10-21-14-19)12-15-5-7-16(20)8-6-15/h3,5-8,21H,1,4,9-14H2,2H3,(H,22,25)/t19-/m1/s1. The third kappa shape index (κ3) is 5.47. The molecule has 0 spiro atoms. The first kappa shape index (κ1) is 20.3. The summed E-state index contributed by atoms with van der Waals surface area (Å²) in [6, 6.07) is 7.70. The molecule has 0 unspecified atom stereocenters. The van der Waals surface area contributed by atoms with Gasteiger partial charge in [-0.1, -0.05) is 36.4 Å². The van der Waals surface area contributed by atoms with Crippen molar-refractivity contribution in [2.75, 3.05) is 33.3 Å². The number of nitrogens with one attached hydrogen (secondary N) is 2. The Hall–Kier alpha value is -2.05. The van der Waals surface area contributed by atoms with Crippen LogP contribution in [0.2, 0.25) is 5.02 Å². The molecule has 1 aliphatic rings. The maximum Gasteiger partial charge on any atom is 0.407 e. The molecule has 1 heterocycles. The molecule has 0 radical (unpaired) electrons. The lowest BCUT2D eigenvalue weighted by atomic mass is 9.82. The number of carbonyl (C=O) groups is 2. The van der Waals surface area contributed by atoms with E-state index in [1.165, 1.54) is 6.08 Å². The fourth-order valence-electron chi connectivity index (χ4n) is 3.21. The average molecular weight is 380 g/mol. The quantitative estimate of drug-likeness (QED) is 0.713. The first-order chi connectivity index (χ1) is 12.5. The average Bonchev–Trinajstić information content (AvgIpc) is 2.66. The molecular formula is C19H26ClN3O3. The molecule has 1 saturated heterocycles. The van der Waals surface area contributed by atoms with Crippen LogP contribution < -0.4 is 10.6 Å². The van der Waals surface area contributed by atoms with Crippen molar-refractivity contribution in [2.45, 2.75) is 24.8 Å². The largest absolute Gasteiger partial charge is 0.445 e. The second kappa shape index (κ2) is 9.59. The summed E-state index contributed by atoms with van der Waals surface area (Å²) in [5.41, 5.74) is 0.784. The van der Waals surface area contributed by atoms with Gasteiger partial charge in [0, 0.05) is 18.6 Å². The summed E-state index contributed by atoms with van der Waals surface area (Å²) < 4.78 is 4.84. The number of hydrogen-bond donors (Lipinski definition) is 2. The van der Waals surface area contributed by atoms with Gasteiger partial charge in [-0.3, -0.25) is 4.79 Å². The molecule has 7 heteroatoms. The van der Waals surface area contributed by atoms with E-state index in [0.29, 0.717) is 11.6 Å². The molecule has 2 rings (SSSR count). The lowest BCUT2D eigenvalue weighted by molar-refractivity contribution is -0.135. The molecule has 0 aliphatic carbocycles. The van der Waals surface area contributed by atoms with Crippen LogP contribution in [-0.2, 0) is 16.0 Å². The number of amides is 2. The molecule has 1 aliphatic heterocycles. The molecule has 1 fully saturated rings. The molecule has 2 N–H and O–H groups in total. The monoisotopic (exact) mass is 379 g/mol. The van der Waals surface area contributed by atoms with Gasteiger partial charge in [0.1, 0.15) is 13.2 Å². The minimum Gasteiger partial charge on any atom is -0.445 e. The van der Waals surface area contributed by atoms with Crippen molar-refractivity contribution < 1.29 is 14.3 Å². The van der Waals surface area contributed by atoms with Gasteiger partial charge < -0.3 is 20.3 Å². The molecule has 2 amide bonds. The minimum absolute atomic E-state index is 0.102. The van der Waals surface area contributed by atoms with Crippen LogP contribution in [0.3, 0.4) is 0 Å². The minimum atomic E-state index is -0.625. The number of piperidine rings is 1. The van der Waals surface area contributed by atoms with Crippen LogP contribution >= 0.6 is 11.6 Å². The van der Waals surface area contributed by atoms with Gasteiger partial charge in [-0.15, -0.1) is 0 Å². The van der Waals surface area contributed by atoms with Gasteiger partial charge in [0.05, 0.1) is 5.54 Å². The van der Waals surface area contributed by atoms with Crippen molar-refractivity contribution >= 4 is 23.6 Å². The molecule has 0 saturated carbocycles. The predicted octanol–water partition coefficient (Wildman–Crippen LogP) is 2.38. The molecule has 0 aromatic heterocycles. The van der Waals surface area contributed by atoms with Crippen LogP contribution in [0.4, 0.5) is 4.79 Å². The van der Waals surface area contributed by atoms with Crippen LogP contribution in [0.15, 0.2) is 36.9 Å². The van der Waals surface area contributed by atoms with Crippen molar-refractivity contribution in [1.29, 1.82) is 0 Å². The molecular weight excluding hydrogens is 354 g/mol. The SMILES string of the molecule is C=CCOC(=O)NCC(=O)N(C)[C@@]1(Cc2ccc(Cl)cc2)CCCNC1. The van der Waals surface area contributed by atoms with Crippen molar-refractivity contribution in [3.63, 3.8) is 0 Å². The van der Waals surface area contributed by atoms with E-state index >= 15 is 0 Å². The number of likely N-dealkylation sites (N-methyl/N-ethyl adjacent to an activating group) is 1. The number of nitrogens with zero attached hydrogens (tertiary/aromatic N) is 1. The first-order valence-electron chi connectivity index (χ1n) is 8.70. The van der Waals surface area contributed by atoms with Crippen molar-refractivity contribution in [3.05, 3.63) is 47.5 Å². The Labute approximate surface area is 159 Å². The molecule has 1 atom stereocenters. The highest BCUT2D eigenvalue weighted by Crippen LogP contribution is 2.28. The lowest BCUT2D eigenvalue weighted by Crippen LogP contribution is -2.60. The number of halogens is 1. The van der Waals surface area contributed by atoms with Crippen molar-refractivity contribution in [2.24, 2.45) is 0 Å². The highest BCUT2D eigenvalue weighted by Gasteiger charge is 2.38. The Kier molecular flexibility index (Phi) is 7.48. The predicted molar refractivity (Wildman–Crippen MR) is 102 cm³/mol. The van der Waals surface area contributed by atoms with Crippen LogP contribution in [0.25, 0.3) is 0 Å². The number of carbonyl (C=O) groups excluding carboxylic acids is 2. The van der Waals surface area contributed by atoms with Gasteiger partial charge in [-0.25, -0.2) is 4.79 Å². The van der Waals surface area contributed by atoms with Gasteiger partial charge in [-0.05, 0) is 43.5 Å². The molecule has 1 aromatic rings. The van der Waals surface area contributed by atoms with Crippen LogP contribution in [0, 0.1) is 0 Å². The van der Waals surface area contributed by atoms with E-state index < -0.39 is 6.09 Å². The van der Waals surface area contributed by atoms with E-state index in [4.69, 9.17) is 16.3 Å². The third-order valence-electron chi connectivity index (χ3n) is 4.70. The van der Waals surface area contributed by atoms with Crippen LogP contribution in [0.1, 0.15) is 18.4 Å². The number of ether oxygens (including phenoxy) is 1. The van der Waals surface area contributed by atoms with Gasteiger partial charge in [0.25, 0.3) is 0 Å². The molecule has 6 nitrogen and oxygen atoms in total. The summed E-state index contributed by atoms with van der Waals surface area (Å²) in [7, 11) is 1.79. The van der Waals surface area contributed by atoms with Crippen molar-refractivity contribution in [1.82, 2.24) is 15.5 Å². The Morgan fingerprint density at radius 2 is 2.15 bits per heavy atom. The fourth-order valence-corrected chi connectivity index (χ4v) is 3.33. The lowest BCUT2D eigenvalue weighted by Gasteiger charge is -2.45. The first-order valence-corrected chi connectivity index (χ1v) is 9.08. The van der Waals surface area contributed by atoms with Gasteiger partial charge in [0.15, 0.2) is 0 Å². The Bertz CT molecular complexity index is 627. The Balaban J connectivity index is 2.04. The molecule has 26 heavy (non-hydrogen) atoms. The van der Waals surface area contributed by atoms with Gasteiger partial charge in [0.2, 0.25) is 5.91 Å². The van der Waals surface area contributed by atoms with Crippen molar-refractivity contribution in [3.8, 4) is 0 Å². The fraction of sp³-hybridized carbons (Fsp3) is 0.474. The molecule has 142 valence electrons. The summed E-state index contributed by atoms with van der Waals surface area (Å²) in [4.78, 5) is 25.9. The number of rotatable bonds is 7. The maximum absolute atomic E-state index is 12.7. The van der Waals surface area contributed by atoms with E-state index in [-0.39, 0.29) is 24.6 Å². The molecule has 0 bridgehead atoms. The Morgan fingerprint density at radius 1 is 1.42 bits per heavy atom. The summed E-state index contributed by atoms with van der Waals surface area (Å²) in [6.07, 6.45) is 3.45. The van der Waals surface area contributed by atoms with Crippen LogP contribution in [-0.4, -0.2) is 55.7 Å². The van der Waals surface area contributed by atoms with E-state index in [1.54, 1.807) is 11.9 Å². The zero-order valence-electron chi connectivity index (χ0n) is 15.1. The summed E-state index contributed by atoms with van der Waals surface area (Å²) in [6.45, 7) is 5.13. The normalized spacial score (nSPS) is 19.5. The second-order valence-corrected chi connectivity index (χ2v) is 6.94. The zero-order chi connectivity index (χ0) is 19.0. The second-order valence-electron chi connectivity index (χ2n) is 6.50. The number of alkyl carbamates (subject to hydrolysis) is 1. The summed E-state index contributed by atoms with van der Waals surface area (Å²) in [5, 5.41) is 6.57.